The lowest BCUT2D eigenvalue weighted by Gasteiger charge is -2.12. The van der Waals surface area contributed by atoms with Gasteiger partial charge < -0.3 is 5.32 Å². The van der Waals surface area contributed by atoms with Crippen molar-refractivity contribution in [3.8, 4) is 0 Å². The van der Waals surface area contributed by atoms with Gasteiger partial charge in [-0.25, -0.2) is 9.97 Å². The maximum absolute atomic E-state index is 4.67. The van der Waals surface area contributed by atoms with Crippen molar-refractivity contribution in [1.82, 2.24) is 9.97 Å². The Morgan fingerprint density at radius 1 is 0.958 bits per heavy atom. The number of hydrogen-bond donors (Lipinski definition) is 2. The fourth-order valence-corrected chi connectivity index (χ4v) is 2.73. The van der Waals surface area contributed by atoms with E-state index >= 15 is 0 Å². The van der Waals surface area contributed by atoms with Crippen LogP contribution in [0.4, 0.5) is 11.5 Å². The van der Waals surface area contributed by atoms with Gasteiger partial charge in [-0.15, -0.1) is 12.6 Å². The summed E-state index contributed by atoms with van der Waals surface area (Å²) in [6, 6.07) is 18.4. The summed E-state index contributed by atoms with van der Waals surface area (Å²) >= 11 is 4.22. The molecule has 3 aromatic rings. The van der Waals surface area contributed by atoms with E-state index < -0.39 is 0 Å². The maximum Gasteiger partial charge on any atom is 0.133 e. The molecule has 0 fully saturated rings. The van der Waals surface area contributed by atoms with Gasteiger partial charge in [0.25, 0.3) is 0 Å². The van der Waals surface area contributed by atoms with Crippen molar-refractivity contribution in [3.63, 3.8) is 0 Å². The summed E-state index contributed by atoms with van der Waals surface area (Å²) in [4.78, 5) is 8.90. The minimum atomic E-state index is 0.760. The van der Waals surface area contributed by atoms with Crippen molar-refractivity contribution in [2.45, 2.75) is 31.2 Å². The van der Waals surface area contributed by atoms with Crippen LogP contribution in [0.15, 0.2) is 65.8 Å². The first-order valence-corrected chi connectivity index (χ1v) is 8.58. The monoisotopic (exact) mass is 335 g/mol. The molecule has 0 saturated carbocycles. The summed E-state index contributed by atoms with van der Waals surface area (Å²) < 4.78 is 0. The van der Waals surface area contributed by atoms with Gasteiger partial charge in [-0.3, -0.25) is 0 Å². The molecule has 2 heterocycles. The molecular weight excluding hydrogens is 314 g/mol. The first kappa shape index (κ1) is 16.5. The molecule has 0 aliphatic heterocycles. The van der Waals surface area contributed by atoms with Crippen molar-refractivity contribution in [2.75, 3.05) is 5.32 Å². The Kier molecular flexibility index (Phi) is 5.49. The summed E-state index contributed by atoms with van der Waals surface area (Å²) in [7, 11) is 0. The molecule has 122 valence electrons. The topological polar surface area (TPSA) is 37.8 Å². The smallest absolute Gasteiger partial charge is 0.133 e. The van der Waals surface area contributed by atoms with Crippen LogP contribution < -0.4 is 5.32 Å². The molecular formula is C20H21N3S. The number of hydrogen-bond acceptors (Lipinski definition) is 4. The Hall–Kier alpha value is -2.33. The van der Waals surface area contributed by atoms with E-state index in [0.717, 1.165) is 41.5 Å². The minimum Gasteiger partial charge on any atom is -0.340 e. The Labute approximate surface area is 148 Å². The highest BCUT2D eigenvalue weighted by Crippen LogP contribution is 2.21. The third-order valence-corrected chi connectivity index (χ3v) is 4.14. The third kappa shape index (κ3) is 4.59. The number of thiol groups is 1. The second-order valence-corrected chi connectivity index (χ2v) is 6.29. The number of rotatable bonds is 6. The van der Waals surface area contributed by atoms with Crippen LogP contribution in [0.2, 0.25) is 0 Å². The molecule has 0 unspecified atom stereocenters. The quantitative estimate of drug-likeness (QED) is 0.623. The van der Waals surface area contributed by atoms with Gasteiger partial charge in [-0.05, 0) is 61.6 Å². The highest BCUT2D eigenvalue weighted by atomic mass is 32.1. The number of benzene rings is 1. The van der Waals surface area contributed by atoms with E-state index in [1.807, 2.05) is 37.4 Å². The summed E-state index contributed by atoms with van der Waals surface area (Å²) in [5, 5.41) is 4.20. The molecule has 24 heavy (non-hydrogen) atoms. The molecule has 0 saturated heterocycles. The van der Waals surface area contributed by atoms with E-state index in [1.54, 1.807) is 0 Å². The molecule has 0 aliphatic carbocycles. The zero-order valence-corrected chi connectivity index (χ0v) is 14.6. The minimum absolute atomic E-state index is 0.760. The maximum atomic E-state index is 4.67. The van der Waals surface area contributed by atoms with E-state index in [9.17, 15) is 0 Å². The van der Waals surface area contributed by atoms with Gasteiger partial charge in [0.1, 0.15) is 5.82 Å². The number of nitrogens with one attached hydrogen (secondary N) is 1. The molecule has 0 radical (unpaired) electrons. The van der Waals surface area contributed by atoms with Crippen LogP contribution in [-0.2, 0) is 12.8 Å². The van der Waals surface area contributed by atoms with Gasteiger partial charge >= 0.3 is 0 Å². The number of anilines is 2. The van der Waals surface area contributed by atoms with E-state index in [4.69, 9.17) is 0 Å². The summed E-state index contributed by atoms with van der Waals surface area (Å²) in [5.41, 5.74) is 4.56. The highest BCUT2D eigenvalue weighted by molar-refractivity contribution is 7.80. The zero-order valence-electron chi connectivity index (χ0n) is 13.7. The molecule has 0 bridgehead atoms. The van der Waals surface area contributed by atoms with E-state index in [2.05, 4.69) is 58.2 Å². The standard InChI is InChI=1S/C20H21N3S/c1-15-10-12-17(7-5-6-16-11-13-19(24)21-14-16)20(22-15)23-18-8-3-2-4-9-18/h2-4,8-14H,5-7H2,1H3,(H,21,24)(H,22,23). The van der Waals surface area contributed by atoms with Crippen molar-refractivity contribution in [2.24, 2.45) is 0 Å². The fourth-order valence-electron chi connectivity index (χ4n) is 2.60. The van der Waals surface area contributed by atoms with Crippen molar-refractivity contribution >= 4 is 24.1 Å². The number of nitrogens with zero attached hydrogens (tertiary/aromatic N) is 2. The average Bonchev–Trinajstić information content (AvgIpc) is 2.59. The van der Waals surface area contributed by atoms with Gasteiger partial charge in [0.2, 0.25) is 0 Å². The van der Waals surface area contributed by atoms with Crippen LogP contribution in [0.25, 0.3) is 0 Å². The van der Waals surface area contributed by atoms with Crippen LogP contribution in [-0.4, -0.2) is 9.97 Å². The highest BCUT2D eigenvalue weighted by Gasteiger charge is 2.06. The molecule has 0 spiro atoms. The predicted molar refractivity (Wildman–Crippen MR) is 102 cm³/mol. The van der Waals surface area contributed by atoms with Gasteiger partial charge in [-0.1, -0.05) is 30.3 Å². The van der Waals surface area contributed by atoms with Gasteiger partial charge in [0, 0.05) is 17.6 Å². The molecule has 1 N–H and O–H groups in total. The van der Waals surface area contributed by atoms with Crippen LogP contribution in [0.5, 0.6) is 0 Å². The molecule has 3 rings (SSSR count). The average molecular weight is 335 g/mol. The van der Waals surface area contributed by atoms with Crippen LogP contribution in [0.3, 0.4) is 0 Å². The molecule has 4 heteroatoms. The van der Waals surface area contributed by atoms with Crippen molar-refractivity contribution in [3.05, 3.63) is 77.6 Å². The van der Waals surface area contributed by atoms with Crippen molar-refractivity contribution in [1.29, 1.82) is 0 Å². The number of aromatic nitrogens is 2. The molecule has 1 aromatic carbocycles. The first-order chi connectivity index (χ1) is 11.7. The van der Waals surface area contributed by atoms with Gasteiger partial charge in [-0.2, -0.15) is 0 Å². The number of aryl methyl sites for hydroxylation is 3. The van der Waals surface area contributed by atoms with Crippen LogP contribution >= 0.6 is 12.6 Å². The molecule has 0 aliphatic rings. The molecule has 0 atom stereocenters. The lowest BCUT2D eigenvalue weighted by atomic mass is 10.1. The van der Waals surface area contributed by atoms with Crippen LogP contribution in [0, 0.1) is 6.92 Å². The number of pyridine rings is 2. The largest absolute Gasteiger partial charge is 0.340 e. The van der Waals surface area contributed by atoms with Gasteiger partial charge in [0.05, 0.1) is 5.03 Å². The van der Waals surface area contributed by atoms with Crippen LogP contribution in [0.1, 0.15) is 23.2 Å². The normalized spacial score (nSPS) is 10.6. The van der Waals surface area contributed by atoms with Crippen molar-refractivity contribution < 1.29 is 0 Å². The van der Waals surface area contributed by atoms with E-state index in [1.165, 1.54) is 11.1 Å². The predicted octanol–water partition coefficient (Wildman–Crippen LogP) is 4.99. The second kappa shape index (κ2) is 7.97. The van der Waals surface area contributed by atoms with E-state index in [-0.39, 0.29) is 0 Å². The zero-order chi connectivity index (χ0) is 16.8. The Balaban J connectivity index is 1.67. The van der Waals surface area contributed by atoms with E-state index in [0.29, 0.717) is 0 Å². The Morgan fingerprint density at radius 2 is 1.79 bits per heavy atom. The molecule has 0 amide bonds. The summed E-state index contributed by atoms with van der Waals surface area (Å²) in [6.45, 7) is 2.02. The SMILES string of the molecule is Cc1ccc(CCCc2ccc(S)nc2)c(Nc2ccccc2)n1. The lowest BCUT2D eigenvalue weighted by Crippen LogP contribution is -2.01. The second-order valence-electron chi connectivity index (χ2n) is 5.83. The van der Waals surface area contributed by atoms with Gasteiger partial charge in [0.15, 0.2) is 0 Å². The molecule has 3 nitrogen and oxygen atoms in total. The third-order valence-electron chi connectivity index (χ3n) is 3.88. The summed E-state index contributed by atoms with van der Waals surface area (Å²) in [6.07, 6.45) is 4.94. The number of para-hydroxylation sites is 1. The lowest BCUT2D eigenvalue weighted by molar-refractivity contribution is 0.811. The first-order valence-electron chi connectivity index (χ1n) is 8.13. The fraction of sp³-hybridized carbons (Fsp3) is 0.200. The Morgan fingerprint density at radius 3 is 2.54 bits per heavy atom. The molecule has 2 aromatic heterocycles. The summed E-state index contributed by atoms with van der Waals surface area (Å²) in [5.74, 6) is 0.949. The Bertz CT molecular complexity index is 786.